The summed E-state index contributed by atoms with van der Waals surface area (Å²) in [5, 5.41) is 3.01. The van der Waals surface area contributed by atoms with Gasteiger partial charge in [0.25, 0.3) is 0 Å². The van der Waals surface area contributed by atoms with E-state index in [1.54, 1.807) is 0 Å². The Balaban J connectivity index is 2.31. The van der Waals surface area contributed by atoms with E-state index in [0.29, 0.717) is 6.04 Å². The average molecular weight is 228 g/mol. The van der Waals surface area contributed by atoms with E-state index in [2.05, 4.69) is 12.2 Å². The first-order valence-electron chi connectivity index (χ1n) is 5.69. The first-order valence-corrected chi connectivity index (χ1v) is 6.10. The third-order valence-electron chi connectivity index (χ3n) is 3.06. The van der Waals surface area contributed by atoms with Crippen molar-refractivity contribution in [3.63, 3.8) is 0 Å². The Hall–Kier alpha value is -0.640. The van der Waals surface area contributed by atoms with Crippen molar-refractivity contribution in [3.8, 4) is 0 Å². The molecule has 0 saturated heterocycles. The molecule has 0 heterocycles. The Morgan fingerprint density at radius 3 is 2.87 bits per heavy atom. The van der Waals surface area contributed by atoms with E-state index in [9.17, 15) is 4.79 Å². The summed E-state index contributed by atoms with van der Waals surface area (Å²) < 4.78 is 0. The maximum Gasteiger partial charge on any atom is 0.227 e. The Morgan fingerprint density at radius 2 is 2.27 bits per heavy atom. The first kappa shape index (κ1) is 12.4. The molecule has 1 fully saturated rings. The van der Waals surface area contributed by atoms with Crippen LogP contribution in [0.15, 0.2) is 0 Å². The number of rotatable bonds is 4. The SMILES string of the molecule is CCC1CCCC(NC(=O)CC(N)=S)C1. The minimum Gasteiger partial charge on any atom is -0.393 e. The number of carbonyl (C=O) groups excluding carboxylic acids is 1. The van der Waals surface area contributed by atoms with E-state index in [-0.39, 0.29) is 17.3 Å². The van der Waals surface area contributed by atoms with Crippen LogP contribution >= 0.6 is 12.2 Å². The lowest BCUT2D eigenvalue weighted by molar-refractivity contribution is -0.120. The molecule has 4 heteroatoms. The van der Waals surface area contributed by atoms with Crippen LogP contribution in [0.4, 0.5) is 0 Å². The van der Waals surface area contributed by atoms with E-state index < -0.39 is 0 Å². The standard InChI is InChI=1S/C11H20N2OS/c1-2-8-4-3-5-9(6-8)13-11(14)7-10(12)15/h8-9H,2-7H2,1H3,(H2,12,15)(H,13,14). The zero-order valence-corrected chi connectivity index (χ0v) is 10.1. The van der Waals surface area contributed by atoms with Crippen LogP contribution < -0.4 is 11.1 Å². The summed E-state index contributed by atoms with van der Waals surface area (Å²) in [6.07, 6.45) is 6.12. The third kappa shape index (κ3) is 4.60. The van der Waals surface area contributed by atoms with Crippen LogP contribution in [-0.2, 0) is 4.79 Å². The third-order valence-corrected chi connectivity index (χ3v) is 3.20. The van der Waals surface area contributed by atoms with Crippen LogP contribution in [0.25, 0.3) is 0 Å². The molecule has 0 aromatic heterocycles. The van der Waals surface area contributed by atoms with Gasteiger partial charge in [-0.15, -0.1) is 0 Å². The van der Waals surface area contributed by atoms with Gasteiger partial charge in [-0.25, -0.2) is 0 Å². The maximum atomic E-state index is 11.4. The van der Waals surface area contributed by atoms with E-state index in [0.717, 1.165) is 18.8 Å². The van der Waals surface area contributed by atoms with Gasteiger partial charge in [-0.3, -0.25) is 4.79 Å². The van der Waals surface area contributed by atoms with Gasteiger partial charge in [-0.1, -0.05) is 38.4 Å². The molecule has 0 bridgehead atoms. The first-order chi connectivity index (χ1) is 7.11. The molecule has 2 unspecified atom stereocenters. The van der Waals surface area contributed by atoms with E-state index in [1.807, 2.05) is 0 Å². The molecule has 2 atom stereocenters. The lowest BCUT2D eigenvalue weighted by atomic mass is 9.84. The van der Waals surface area contributed by atoms with E-state index in [1.165, 1.54) is 19.3 Å². The number of thiocarbonyl (C=S) groups is 1. The number of hydrogen-bond acceptors (Lipinski definition) is 2. The van der Waals surface area contributed by atoms with Crippen molar-refractivity contribution >= 4 is 23.1 Å². The van der Waals surface area contributed by atoms with Crippen molar-refractivity contribution in [2.75, 3.05) is 0 Å². The highest BCUT2D eigenvalue weighted by molar-refractivity contribution is 7.80. The number of hydrogen-bond donors (Lipinski definition) is 2. The highest BCUT2D eigenvalue weighted by Crippen LogP contribution is 2.26. The summed E-state index contributed by atoms with van der Waals surface area (Å²) in [6.45, 7) is 2.21. The minimum absolute atomic E-state index is 0.0238. The van der Waals surface area contributed by atoms with Crippen molar-refractivity contribution in [2.24, 2.45) is 11.7 Å². The monoisotopic (exact) mass is 228 g/mol. The maximum absolute atomic E-state index is 11.4. The number of carbonyl (C=O) groups is 1. The summed E-state index contributed by atoms with van der Waals surface area (Å²) in [4.78, 5) is 11.7. The van der Waals surface area contributed by atoms with E-state index in [4.69, 9.17) is 18.0 Å². The minimum atomic E-state index is -0.0238. The molecule has 0 spiro atoms. The normalized spacial score (nSPS) is 25.9. The largest absolute Gasteiger partial charge is 0.393 e. The molecule has 3 N–H and O–H groups in total. The lowest BCUT2D eigenvalue weighted by Crippen LogP contribution is -2.39. The fraction of sp³-hybridized carbons (Fsp3) is 0.818. The molecule has 0 aliphatic heterocycles. The van der Waals surface area contributed by atoms with Gasteiger partial charge in [0, 0.05) is 6.04 Å². The summed E-state index contributed by atoms with van der Waals surface area (Å²) >= 11 is 4.70. The zero-order valence-electron chi connectivity index (χ0n) is 9.29. The number of nitrogens with one attached hydrogen (secondary N) is 1. The van der Waals surface area contributed by atoms with Gasteiger partial charge in [0.15, 0.2) is 0 Å². The fourth-order valence-electron chi connectivity index (χ4n) is 2.23. The molecule has 0 radical (unpaired) electrons. The summed E-state index contributed by atoms with van der Waals surface area (Å²) in [7, 11) is 0. The second-order valence-corrected chi connectivity index (χ2v) is 4.87. The molecular weight excluding hydrogens is 208 g/mol. The van der Waals surface area contributed by atoms with Gasteiger partial charge < -0.3 is 11.1 Å². The summed E-state index contributed by atoms with van der Waals surface area (Å²) in [6, 6.07) is 0.338. The van der Waals surface area contributed by atoms with Gasteiger partial charge in [0.2, 0.25) is 5.91 Å². The molecule has 0 aromatic rings. The van der Waals surface area contributed by atoms with Gasteiger partial charge in [-0.2, -0.15) is 0 Å². The smallest absolute Gasteiger partial charge is 0.227 e. The Kier molecular flexibility index (Phi) is 5.02. The van der Waals surface area contributed by atoms with Crippen LogP contribution in [0.3, 0.4) is 0 Å². The van der Waals surface area contributed by atoms with Crippen molar-refractivity contribution < 1.29 is 4.79 Å². The summed E-state index contributed by atoms with van der Waals surface area (Å²) in [5.41, 5.74) is 5.32. The second-order valence-electron chi connectivity index (χ2n) is 4.35. The predicted molar refractivity (Wildman–Crippen MR) is 65.6 cm³/mol. The molecule has 86 valence electrons. The average Bonchev–Trinajstić information content (AvgIpc) is 2.16. The Bertz CT molecular complexity index is 243. The number of amides is 1. The molecule has 3 nitrogen and oxygen atoms in total. The molecule has 1 aliphatic carbocycles. The van der Waals surface area contributed by atoms with Crippen molar-refractivity contribution in [3.05, 3.63) is 0 Å². The van der Waals surface area contributed by atoms with E-state index >= 15 is 0 Å². The molecule has 1 rings (SSSR count). The Labute approximate surface area is 96.8 Å². The van der Waals surface area contributed by atoms with Crippen LogP contribution in [0, 0.1) is 5.92 Å². The van der Waals surface area contributed by atoms with Gasteiger partial charge in [0.05, 0.1) is 11.4 Å². The lowest BCUT2D eigenvalue weighted by Gasteiger charge is -2.29. The molecule has 1 saturated carbocycles. The van der Waals surface area contributed by atoms with Crippen molar-refractivity contribution in [1.29, 1.82) is 0 Å². The molecule has 0 aromatic carbocycles. The molecular formula is C11H20N2OS. The quantitative estimate of drug-likeness (QED) is 0.721. The fourth-order valence-corrected chi connectivity index (χ4v) is 2.36. The number of nitrogens with two attached hydrogens (primary N) is 1. The van der Waals surface area contributed by atoms with Crippen LogP contribution in [-0.4, -0.2) is 16.9 Å². The highest BCUT2D eigenvalue weighted by Gasteiger charge is 2.21. The Morgan fingerprint density at radius 1 is 1.53 bits per heavy atom. The highest BCUT2D eigenvalue weighted by atomic mass is 32.1. The molecule has 1 amide bonds. The topological polar surface area (TPSA) is 55.1 Å². The zero-order chi connectivity index (χ0) is 11.3. The molecule has 15 heavy (non-hydrogen) atoms. The van der Waals surface area contributed by atoms with Crippen LogP contribution in [0.2, 0.25) is 0 Å². The van der Waals surface area contributed by atoms with Gasteiger partial charge in [0.1, 0.15) is 0 Å². The van der Waals surface area contributed by atoms with Crippen molar-refractivity contribution in [2.45, 2.75) is 51.5 Å². The van der Waals surface area contributed by atoms with Gasteiger partial charge >= 0.3 is 0 Å². The van der Waals surface area contributed by atoms with Crippen LogP contribution in [0.5, 0.6) is 0 Å². The summed E-state index contributed by atoms with van der Waals surface area (Å²) in [5.74, 6) is 0.748. The predicted octanol–water partition coefficient (Wildman–Crippen LogP) is 1.75. The van der Waals surface area contributed by atoms with Crippen molar-refractivity contribution in [1.82, 2.24) is 5.32 Å². The van der Waals surface area contributed by atoms with Crippen LogP contribution in [0.1, 0.15) is 45.4 Å². The molecule has 1 aliphatic rings. The second kappa shape index (κ2) is 6.05. The van der Waals surface area contributed by atoms with Gasteiger partial charge in [-0.05, 0) is 18.8 Å².